The molecule has 1 fully saturated rings. The average molecular weight is 455 g/mol. The van der Waals surface area contributed by atoms with Crippen molar-refractivity contribution in [2.24, 2.45) is 4.99 Å². The van der Waals surface area contributed by atoms with Crippen LogP contribution in [0.5, 0.6) is 0 Å². The van der Waals surface area contributed by atoms with E-state index in [1.807, 2.05) is 30.3 Å². The second-order valence-corrected chi connectivity index (χ2v) is 7.93. The largest absolute Gasteiger partial charge is 0.465 e. The molecule has 174 valence electrons. The van der Waals surface area contributed by atoms with Crippen molar-refractivity contribution in [1.82, 2.24) is 29.3 Å². The van der Waals surface area contributed by atoms with Crippen molar-refractivity contribution < 1.29 is 19.7 Å². The maximum Gasteiger partial charge on any atom is 0.407 e. The third-order valence-corrected chi connectivity index (χ3v) is 5.37. The fourth-order valence-corrected chi connectivity index (χ4v) is 3.84. The predicted octanol–water partition coefficient (Wildman–Crippen LogP) is 1.17. The number of aliphatic hydroxyl groups excluding tert-OH is 1. The van der Waals surface area contributed by atoms with Crippen molar-refractivity contribution in [2.45, 2.75) is 31.3 Å². The fourth-order valence-electron chi connectivity index (χ4n) is 3.84. The first kappa shape index (κ1) is 22.4. The number of aromatic nitrogens is 4. The van der Waals surface area contributed by atoms with Crippen LogP contribution in [-0.4, -0.2) is 84.8 Å². The van der Waals surface area contributed by atoms with Gasteiger partial charge >= 0.3 is 6.09 Å². The summed E-state index contributed by atoms with van der Waals surface area (Å²) in [7, 11) is 3.57. The van der Waals surface area contributed by atoms with Crippen LogP contribution in [0.3, 0.4) is 0 Å². The number of ether oxygens (including phenoxy) is 1. The number of H-pyrrole nitrogens is 1. The molecule has 4 rings (SSSR count). The molecule has 1 amide bonds. The van der Waals surface area contributed by atoms with Crippen molar-refractivity contribution in [2.75, 3.05) is 20.7 Å². The van der Waals surface area contributed by atoms with Crippen LogP contribution in [0.15, 0.2) is 46.4 Å². The number of benzene rings is 1. The molecule has 12 nitrogen and oxygen atoms in total. The molecule has 3 N–H and O–H groups in total. The van der Waals surface area contributed by atoms with Crippen molar-refractivity contribution in [3.05, 3.63) is 52.6 Å². The first-order valence-electron chi connectivity index (χ1n) is 10.3. The van der Waals surface area contributed by atoms with E-state index in [2.05, 4.69) is 19.9 Å². The molecule has 0 bridgehead atoms. The number of fused-ring (bicyclic) bond motifs is 1. The molecule has 1 aromatic carbocycles. The normalized spacial score (nSPS) is 20.5. The first-order valence-corrected chi connectivity index (χ1v) is 10.3. The maximum atomic E-state index is 12.4. The molecule has 0 spiro atoms. The Hall–Kier alpha value is -3.77. The summed E-state index contributed by atoms with van der Waals surface area (Å²) in [6.07, 6.45) is 0.645. The van der Waals surface area contributed by atoms with Gasteiger partial charge in [-0.3, -0.25) is 19.2 Å². The van der Waals surface area contributed by atoms with E-state index < -0.39 is 30.0 Å². The molecule has 3 heterocycles. The van der Waals surface area contributed by atoms with Crippen molar-refractivity contribution in [3.63, 3.8) is 0 Å². The van der Waals surface area contributed by atoms with E-state index in [0.29, 0.717) is 0 Å². The molecule has 0 saturated carbocycles. The Morgan fingerprint density at radius 2 is 2.12 bits per heavy atom. The van der Waals surface area contributed by atoms with E-state index in [-0.39, 0.29) is 36.7 Å². The van der Waals surface area contributed by atoms with Gasteiger partial charge in [-0.2, -0.15) is 4.98 Å². The van der Waals surface area contributed by atoms with Crippen LogP contribution in [0.1, 0.15) is 18.2 Å². The highest BCUT2D eigenvalue weighted by atomic mass is 16.5. The quantitative estimate of drug-likeness (QED) is 0.355. The van der Waals surface area contributed by atoms with Crippen molar-refractivity contribution in [1.29, 1.82) is 0 Å². The second kappa shape index (κ2) is 9.38. The summed E-state index contributed by atoms with van der Waals surface area (Å²) in [5.74, 6) is 0.104. The summed E-state index contributed by atoms with van der Waals surface area (Å²) in [5.41, 5.74) is 0.751. The first-order chi connectivity index (χ1) is 15.9. The van der Waals surface area contributed by atoms with E-state index in [1.54, 1.807) is 23.6 Å². The zero-order chi connectivity index (χ0) is 23.5. The summed E-state index contributed by atoms with van der Waals surface area (Å²) >= 11 is 0. The van der Waals surface area contributed by atoms with Gasteiger partial charge in [0.05, 0.1) is 25.3 Å². The van der Waals surface area contributed by atoms with E-state index in [0.717, 1.165) is 5.56 Å². The molecule has 3 atom stereocenters. The Morgan fingerprint density at radius 3 is 2.79 bits per heavy atom. The van der Waals surface area contributed by atoms with Gasteiger partial charge in [-0.05, 0) is 5.56 Å². The van der Waals surface area contributed by atoms with Gasteiger partial charge in [-0.15, -0.1) is 0 Å². The van der Waals surface area contributed by atoms with Crippen LogP contribution >= 0.6 is 0 Å². The Bertz CT molecular complexity index is 1210. The molecule has 0 radical (unpaired) electrons. The molecule has 1 saturated heterocycles. The average Bonchev–Trinajstić information content (AvgIpc) is 3.40. The molecule has 3 aromatic rings. The summed E-state index contributed by atoms with van der Waals surface area (Å²) in [6.45, 7) is -0.210. The highest BCUT2D eigenvalue weighted by Gasteiger charge is 2.42. The minimum absolute atomic E-state index is 0.104. The minimum atomic E-state index is -1.11. The van der Waals surface area contributed by atoms with Crippen LogP contribution in [0.4, 0.5) is 10.7 Å². The minimum Gasteiger partial charge on any atom is -0.465 e. The molecule has 12 heteroatoms. The Labute approximate surface area is 188 Å². The zero-order valence-electron chi connectivity index (χ0n) is 18.2. The number of imidazole rings is 1. The number of amides is 1. The van der Waals surface area contributed by atoms with Gasteiger partial charge in [0, 0.05) is 27.1 Å². The van der Waals surface area contributed by atoms with E-state index in [4.69, 9.17) is 4.74 Å². The Balaban J connectivity index is 1.65. The lowest BCUT2D eigenvalue weighted by Crippen LogP contribution is -2.44. The van der Waals surface area contributed by atoms with Gasteiger partial charge in [0.15, 0.2) is 11.2 Å². The van der Waals surface area contributed by atoms with E-state index in [1.165, 1.54) is 17.6 Å². The molecule has 33 heavy (non-hydrogen) atoms. The number of rotatable bonds is 7. The van der Waals surface area contributed by atoms with E-state index >= 15 is 0 Å². The summed E-state index contributed by atoms with van der Waals surface area (Å²) < 4.78 is 7.57. The molecule has 1 unspecified atom stereocenters. The predicted molar refractivity (Wildman–Crippen MR) is 119 cm³/mol. The number of carboxylic acid groups (broad SMARTS) is 1. The topological polar surface area (TPSA) is 149 Å². The highest BCUT2D eigenvalue weighted by molar-refractivity contribution is 5.71. The van der Waals surface area contributed by atoms with Crippen LogP contribution in [-0.2, 0) is 11.3 Å². The molecule has 2 aromatic heterocycles. The summed E-state index contributed by atoms with van der Waals surface area (Å²) in [5, 5.41) is 19.8. The molecular formula is C21H25N7O5. The van der Waals surface area contributed by atoms with Gasteiger partial charge in [0.2, 0.25) is 5.95 Å². The van der Waals surface area contributed by atoms with Gasteiger partial charge in [0.25, 0.3) is 5.56 Å². The number of hydrogen-bond acceptors (Lipinski definition) is 7. The monoisotopic (exact) mass is 455 g/mol. The zero-order valence-corrected chi connectivity index (χ0v) is 18.2. The van der Waals surface area contributed by atoms with Crippen LogP contribution in [0.25, 0.3) is 11.2 Å². The van der Waals surface area contributed by atoms with Crippen LogP contribution in [0.2, 0.25) is 0 Å². The number of aliphatic imine (C=N–C) groups is 1. The summed E-state index contributed by atoms with van der Waals surface area (Å²) in [6, 6.07) is 8.60. The summed E-state index contributed by atoms with van der Waals surface area (Å²) in [4.78, 5) is 42.7. The van der Waals surface area contributed by atoms with Crippen LogP contribution < -0.4 is 5.56 Å². The molecule has 1 aliphatic rings. The fraction of sp³-hybridized carbons (Fsp3) is 0.381. The van der Waals surface area contributed by atoms with E-state index in [9.17, 15) is 19.8 Å². The van der Waals surface area contributed by atoms with Gasteiger partial charge in [-0.25, -0.2) is 14.8 Å². The number of hydrogen-bond donors (Lipinski definition) is 3. The number of nitrogens with one attached hydrogen (secondary N) is 1. The Morgan fingerprint density at radius 1 is 1.36 bits per heavy atom. The Kier molecular flexibility index (Phi) is 6.38. The molecule has 1 aliphatic heterocycles. The molecule has 0 aliphatic carbocycles. The third kappa shape index (κ3) is 4.71. The number of aliphatic hydroxyl groups is 1. The lowest BCUT2D eigenvalue weighted by Gasteiger charge is -2.28. The maximum absolute atomic E-state index is 12.4. The van der Waals surface area contributed by atoms with Gasteiger partial charge in [0.1, 0.15) is 12.3 Å². The number of carbonyl (C=O) groups is 1. The lowest BCUT2D eigenvalue weighted by molar-refractivity contribution is -0.0346. The van der Waals surface area contributed by atoms with Gasteiger partial charge < -0.3 is 19.8 Å². The molecular weight excluding hydrogens is 430 g/mol. The van der Waals surface area contributed by atoms with Crippen molar-refractivity contribution >= 4 is 29.5 Å². The lowest BCUT2D eigenvalue weighted by atomic mass is 10.1. The van der Waals surface area contributed by atoms with Crippen molar-refractivity contribution in [3.8, 4) is 0 Å². The number of nitrogens with zero attached hydrogens (tertiary/aromatic N) is 6. The number of aromatic amines is 1. The smallest absolute Gasteiger partial charge is 0.407 e. The second-order valence-electron chi connectivity index (χ2n) is 7.93. The highest BCUT2D eigenvalue weighted by Crippen LogP contribution is 2.34. The third-order valence-electron chi connectivity index (χ3n) is 5.37. The standard InChI is InChI=1S/C21H25N7O5/c1-26(2)11-23-20-24-18-17(19(30)25-20)22-12-28(18)16-8-14(15(10-29)33-16)27(21(31)32)9-13-6-4-3-5-7-13/h3-7,11-12,14-16,29H,8-10H2,1-2H3,(H,31,32)(H,24,25,30)/b23-11+/t14?,15-,16-/m1/s1. The van der Waals surface area contributed by atoms with Gasteiger partial charge in [-0.1, -0.05) is 30.3 Å². The SMILES string of the molecule is CN(C)/C=N/c1nc2c(ncn2[C@H]2CC(N(Cc3ccccc3)C(=O)O)[C@@H](CO)O2)c(=O)[nH]1. The van der Waals surface area contributed by atoms with Crippen LogP contribution in [0, 0.1) is 0 Å².